The number of nitrogens with two attached hydrogens (primary N) is 1. The number of ether oxygens (including phenoxy) is 1. The number of sulfonamides is 1. The van der Waals surface area contributed by atoms with E-state index in [9.17, 15) is 26.8 Å². The second kappa shape index (κ2) is 17.4. The number of amides is 1. The summed E-state index contributed by atoms with van der Waals surface area (Å²) in [6.07, 6.45) is 1.25. The van der Waals surface area contributed by atoms with Gasteiger partial charge in [0.2, 0.25) is 10.0 Å². The van der Waals surface area contributed by atoms with Gasteiger partial charge in [0.05, 0.1) is 10.5 Å². The van der Waals surface area contributed by atoms with Crippen LogP contribution in [-0.2, 0) is 34.1 Å². The highest BCUT2D eigenvalue weighted by Gasteiger charge is 2.28. The van der Waals surface area contributed by atoms with Crippen LogP contribution in [0.15, 0.2) is 65.6 Å². The molecule has 0 bridgehead atoms. The summed E-state index contributed by atoms with van der Waals surface area (Å²) in [4.78, 5) is 28.6. The molecule has 0 heterocycles. The van der Waals surface area contributed by atoms with Crippen LogP contribution < -0.4 is 11.1 Å². The van der Waals surface area contributed by atoms with E-state index in [1.807, 2.05) is 32.0 Å². The molecule has 9 nitrogen and oxygen atoms in total. The van der Waals surface area contributed by atoms with Gasteiger partial charge in [-0.25, -0.2) is 26.3 Å². The van der Waals surface area contributed by atoms with Gasteiger partial charge in [-0.3, -0.25) is 4.79 Å². The predicted octanol–water partition coefficient (Wildman–Crippen LogP) is 4.92. The highest BCUT2D eigenvalue weighted by molar-refractivity contribution is 7.89. The topological polar surface area (TPSA) is 122 Å². The number of hydrogen-bond donors (Lipinski definition) is 2. The van der Waals surface area contributed by atoms with Gasteiger partial charge in [-0.05, 0) is 72.7 Å². The van der Waals surface area contributed by atoms with E-state index in [0.717, 1.165) is 40.1 Å². The molecule has 3 rings (SSSR count). The smallest absolute Gasteiger partial charge is 0.338 e. The van der Waals surface area contributed by atoms with E-state index >= 15 is 0 Å². The summed E-state index contributed by atoms with van der Waals surface area (Å²) in [7, 11) is -1.33. The summed E-state index contributed by atoms with van der Waals surface area (Å²) in [5.41, 5.74) is 8.83. The number of aryl methyl sites for hydroxylation is 1. The van der Waals surface area contributed by atoms with Crippen molar-refractivity contribution in [2.45, 2.75) is 70.0 Å². The highest BCUT2D eigenvalue weighted by Crippen LogP contribution is 2.22. The monoisotopic (exact) mass is 672 g/mol. The Bertz CT molecular complexity index is 1610. The predicted molar refractivity (Wildman–Crippen MR) is 179 cm³/mol. The van der Waals surface area contributed by atoms with E-state index in [2.05, 4.69) is 18.3 Å². The Morgan fingerprint density at radius 2 is 1.49 bits per heavy atom. The van der Waals surface area contributed by atoms with Crippen LogP contribution in [0.2, 0.25) is 0 Å². The molecule has 0 saturated heterocycles. The zero-order chi connectivity index (χ0) is 34.7. The minimum atomic E-state index is -4.04. The Labute approximate surface area is 277 Å². The normalized spacial score (nSPS) is 13.0. The third-order valence-corrected chi connectivity index (χ3v) is 9.44. The van der Waals surface area contributed by atoms with Crippen molar-refractivity contribution in [3.63, 3.8) is 0 Å². The standard InChI is InChI=1S/C35H46F2N4O5S/c1-6-12-41(13-7-2)34(42)27-18-28(20-31(19-27)47(44,45)40(4)5)35(43)46-33(23-39-22-25-11-9-10-24(8-3)14-25)32(38)17-26-15-29(36)21-30(37)16-26/h9-11,14-16,18-21,32-33,39H,6-8,12-13,17,22-23,38H2,1-5H3. The molecule has 0 aliphatic rings. The lowest BCUT2D eigenvalue weighted by Crippen LogP contribution is -2.46. The molecular formula is C35H46F2N4O5S. The van der Waals surface area contributed by atoms with Gasteiger partial charge >= 0.3 is 5.97 Å². The number of nitrogens with zero attached hydrogens (tertiary/aromatic N) is 2. The van der Waals surface area contributed by atoms with Crippen molar-refractivity contribution < 1.29 is 31.5 Å². The Morgan fingerprint density at radius 1 is 0.872 bits per heavy atom. The van der Waals surface area contributed by atoms with Crippen molar-refractivity contribution in [3.05, 3.63) is 100 Å². The van der Waals surface area contributed by atoms with Crippen molar-refractivity contribution in [1.29, 1.82) is 0 Å². The third-order valence-electron chi connectivity index (χ3n) is 7.65. The third kappa shape index (κ3) is 10.6. The van der Waals surface area contributed by atoms with E-state index in [1.165, 1.54) is 32.3 Å². The summed E-state index contributed by atoms with van der Waals surface area (Å²) in [5, 5.41) is 3.25. The molecule has 0 aliphatic heterocycles. The second-order valence-corrected chi connectivity index (χ2v) is 13.9. The number of esters is 1. The quantitative estimate of drug-likeness (QED) is 0.195. The largest absolute Gasteiger partial charge is 0.456 e. The first-order valence-electron chi connectivity index (χ1n) is 15.9. The Kier molecular flexibility index (Phi) is 14.0. The summed E-state index contributed by atoms with van der Waals surface area (Å²) < 4.78 is 61.1. The Hall–Kier alpha value is -3.71. The number of nitrogens with one attached hydrogen (secondary N) is 1. The van der Waals surface area contributed by atoms with Gasteiger partial charge in [-0.1, -0.05) is 45.0 Å². The second-order valence-electron chi connectivity index (χ2n) is 11.7. The highest BCUT2D eigenvalue weighted by atomic mass is 32.2. The molecule has 3 N–H and O–H groups in total. The first kappa shape index (κ1) is 37.7. The maximum Gasteiger partial charge on any atom is 0.338 e. The zero-order valence-electron chi connectivity index (χ0n) is 27.8. The lowest BCUT2D eigenvalue weighted by Gasteiger charge is -2.26. The molecule has 0 aromatic heterocycles. The van der Waals surface area contributed by atoms with Gasteiger partial charge < -0.3 is 20.7 Å². The van der Waals surface area contributed by atoms with Gasteiger partial charge in [0, 0.05) is 57.9 Å². The zero-order valence-corrected chi connectivity index (χ0v) is 28.6. The van der Waals surface area contributed by atoms with Crippen LogP contribution in [0.1, 0.15) is 71.0 Å². The molecule has 3 aromatic carbocycles. The molecule has 2 unspecified atom stereocenters. The molecule has 0 spiro atoms. The van der Waals surface area contributed by atoms with Crippen LogP contribution >= 0.6 is 0 Å². The van der Waals surface area contributed by atoms with E-state index in [1.54, 1.807) is 4.90 Å². The fourth-order valence-corrected chi connectivity index (χ4v) is 6.15. The fourth-order valence-electron chi connectivity index (χ4n) is 5.17. The van der Waals surface area contributed by atoms with Crippen molar-refractivity contribution in [3.8, 4) is 0 Å². The van der Waals surface area contributed by atoms with Crippen LogP contribution in [-0.4, -0.2) is 75.4 Å². The minimum absolute atomic E-state index is 0.0125. The molecule has 0 aliphatic carbocycles. The molecule has 0 fully saturated rings. The van der Waals surface area contributed by atoms with Gasteiger partial charge in [-0.15, -0.1) is 0 Å². The summed E-state index contributed by atoms with van der Waals surface area (Å²) in [5.74, 6) is -2.82. The molecule has 3 aromatic rings. The molecule has 47 heavy (non-hydrogen) atoms. The number of rotatable bonds is 17. The number of benzene rings is 3. The average Bonchev–Trinajstić information content (AvgIpc) is 3.03. The minimum Gasteiger partial charge on any atom is -0.456 e. The first-order chi connectivity index (χ1) is 22.3. The van der Waals surface area contributed by atoms with Gasteiger partial charge in [-0.2, -0.15) is 0 Å². The van der Waals surface area contributed by atoms with Crippen LogP contribution in [0, 0.1) is 11.6 Å². The molecule has 0 saturated carbocycles. The lowest BCUT2D eigenvalue weighted by atomic mass is 10.0. The molecule has 1 amide bonds. The summed E-state index contributed by atoms with van der Waals surface area (Å²) in [6, 6.07) is 13.9. The summed E-state index contributed by atoms with van der Waals surface area (Å²) >= 11 is 0. The Balaban J connectivity index is 1.97. The SMILES string of the molecule is CCCN(CCC)C(=O)c1cc(C(=O)OC(CNCc2cccc(CC)c2)C(N)Cc2cc(F)cc(F)c2)cc(S(=O)(=O)N(C)C)c1. The lowest BCUT2D eigenvalue weighted by molar-refractivity contribution is 0.0237. The maximum atomic E-state index is 13.9. The van der Waals surface area contributed by atoms with Crippen LogP contribution in [0.3, 0.4) is 0 Å². The van der Waals surface area contributed by atoms with E-state index in [-0.39, 0.29) is 34.6 Å². The van der Waals surface area contributed by atoms with Crippen molar-refractivity contribution in [2.24, 2.45) is 5.73 Å². The van der Waals surface area contributed by atoms with E-state index in [4.69, 9.17) is 10.5 Å². The number of carbonyl (C=O) groups is 2. The van der Waals surface area contributed by atoms with Crippen molar-refractivity contribution >= 4 is 21.9 Å². The van der Waals surface area contributed by atoms with E-state index < -0.39 is 45.7 Å². The van der Waals surface area contributed by atoms with Crippen molar-refractivity contribution in [2.75, 3.05) is 33.7 Å². The molecule has 256 valence electrons. The average molecular weight is 673 g/mol. The Morgan fingerprint density at radius 3 is 2.09 bits per heavy atom. The van der Waals surface area contributed by atoms with Crippen LogP contribution in [0.25, 0.3) is 0 Å². The molecule has 0 radical (unpaired) electrons. The molecular weight excluding hydrogens is 626 g/mol. The fraction of sp³-hybridized carbons (Fsp3) is 0.429. The van der Waals surface area contributed by atoms with E-state index in [0.29, 0.717) is 32.5 Å². The van der Waals surface area contributed by atoms with Crippen molar-refractivity contribution in [1.82, 2.24) is 14.5 Å². The first-order valence-corrected chi connectivity index (χ1v) is 17.3. The number of halogens is 2. The molecule has 2 atom stereocenters. The van der Waals surface area contributed by atoms with Crippen LogP contribution in [0.4, 0.5) is 8.78 Å². The van der Waals surface area contributed by atoms with Gasteiger partial charge in [0.15, 0.2) is 0 Å². The maximum absolute atomic E-state index is 13.9. The number of hydrogen-bond acceptors (Lipinski definition) is 7. The molecule has 12 heteroatoms. The van der Waals surface area contributed by atoms with Gasteiger partial charge in [0.1, 0.15) is 17.7 Å². The van der Waals surface area contributed by atoms with Gasteiger partial charge in [0.25, 0.3) is 5.91 Å². The summed E-state index contributed by atoms with van der Waals surface area (Å²) in [6.45, 7) is 7.36. The number of carbonyl (C=O) groups excluding carboxylic acids is 2. The van der Waals surface area contributed by atoms with Crippen LogP contribution in [0.5, 0.6) is 0 Å².